The van der Waals surface area contributed by atoms with Crippen LogP contribution in [0.1, 0.15) is 10.5 Å². The van der Waals surface area contributed by atoms with Gasteiger partial charge in [0.1, 0.15) is 5.69 Å². The molecule has 0 unspecified atom stereocenters. The van der Waals surface area contributed by atoms with Gasteiger partial charge in [0.25, 0.3) is 5.91 Å². The molecule has 0 spiro atoms. The molecule has 2 heterocycles. The van der Waals surface area contributed by atoms with E-state index in [0.29, 0.717) is 45.0 Å². The lowest BCUT2D eigenvalue weighted by Crippen LogP contribution is -2.48. The number of carbonyl (C=O) groups is 2. The average Bonchev–Trinajstić information content (AvgIpc) is 2.87. The first kappa shape index (κ1) is 12.6. The highest BCUT2D eigenvalue weighted by atomic mass is 16.2. The number of aromatic nitrogens is 2. The van der Waals surface area contributed by atoms with E-state index in [1.165, 1.54) is 0 Å². The molecule has 0 radical (unpaired) electrons. The quantitative estimate of drug-likeness (QED) is 0.678. The highest BCUT2D eigenvalue weighted by Crippen LogP contribution is 2.06. The number of hydrogen-bond acceptors (Lipinski definition) is 4. The van der Waals surface area contributed by atoms with Crippen LogP contribution in [0.25, 0.3) is 0 Å². The largest absolute Gasteiger partial charge is 0.342 e. The van der Waals surface area contributed by atoms with E-state index in [-0.39, 0.29) is 5.91 Å². The molecular weight excluding hydrogens is 234 g/mol. The van der Waals surface area contributed by atoms with Crippen molar-refractivity contribution in [3.05, 3.63) is 18.2 Å². The smallest absolute Gasteiger partial charge is 0.274 e. The Morgan fingerprint density at radius 1 is 1.39 bits per heavy atom. The number of nitrogens with zero attached hydrogens (tertiary/aromatic N) is 4. The predicted octanol–water partition coefficient (Wildman–Crippen LogP) is -1.24. The van der Waals surface area contributed by atoms with Crippen LogP contribution in [0.3, 0.4) is 0 Å². The summed E-state index contributed by atoms with van der Waals surface area (Å²) in [6.07, 6.45) is 4.14. The Morgan fingerprint density at radius 3 is 2.72 bits per heavy atom. The minimum atomic E-state index is -0.0867. The second-order valence-electron chi connectivity index (χ2n) is 4.22. The lowest BCUT2D eigenvalue weighted by atomic mass is 10.3. The molecular formula is C11H17N5O2. The molecule has 0 atom stereocenters. The van der Waals surface area contributed by atoms with Gasteiger partial charge in [0.15, 0.2) is 0 Å². The number of nitrogens with two attached hydrogens (primary N) is 1. The fraction of sp³-hybridized carbons (Fsp3) is 0.545. The summed E-state index contributed by atoms with van der Waals surface area (Å²) in [5.74, 6) is -0.0867. The van der Waals surface area contributed by atoms with Crippen LogP contribution < -0.4 is 5.73 Å². The maximum absolute atomic E-state index is 12.1. The Labute approximate surface area is 105 Å². The topological polar surface area (TPSA) is 84.5 Å². The van der Waals surface area contributed by atoms with Crippen LogP contribution >= 0.6 is 0 Å². The Bertz CT molecular complexity index is 423. The zero-order chi connectivity index (χ0) is 13.0. The van der Waals surface area contributed by atoms with Crippen LogP contribution in [-0.2, 0) is 11.3 Å². The predicted molar refractivity (Wildman–Crippen MR) is 64.8 cm³/mol. The normalized spacial score (nSPS) is 15.8. The van der Waals surface area contributed by atoms with Crippen molar-refractivity contribution in [2.24, 2.45) is 5.73 Å². The second kappa shape index (κ2) is 5.63. The van der Waals surface area contributed by atoms with Crippen LogP contribution in [-0.4, -0.2) is 64.4 Å². The van der Waals surface area contributed by atoms with Crippen molar-refractivity contribution < 1.29 is 9.59 Å². The maximum atomic E-state index is 12.1. The van der Waals surface area contributed by atoms with Gasteiger partial charge in [-0.2, -0.15) is 0 Å². The first-order valence-electron chi connectivity index (χ1n) is 5.95. The Kier molecular flexibility index (Phi) is 3.93. The van der Waals surface area contributed by atoms with E-state index >= 15 is 0 Å². The third-order valence-electron chi connectivity index (χ3n) is 2.99. The van der Waals surface area contributed by atoms with Crippen molar-refractivity contribution in [2.75, 3.05) is 32.7 Å². The van der Waals surface area contributed by atoms with Crippen LogP contribution in [0.5, 0.6) is 0 Å². The molecule has 18 heavy (non-hydrogen) atoms. The van der Waals surface area contributed by atoms with Crippen molar-refractivity contribution in [2.45, 2.75) is 6.54 Å². The van der Waals surface area contributed by atoms with E-state index < -0.39 is 0 Å². The molecule has 1 saturated heterocycles. The van der Waals surface area contributed by atoms with Gasteiger partial charge < -0.3 is 20.1 Å². The van der Waals surface area contributed by atoms with Crippen molar-refractivity contribution >= 4 is 12.3 Å². The molecule has 0 aliphatic carbocycles. The summed E-state index contributed by atoms with van der Waals surface area (Å²) in [6.45, 7) is 3.45. The number of hydrogen-bond donors (Lipinski definition) is 1. The van der Waals surface area contributed by atoms with Gasteiger partial charge in [0, 0.05) is 45.5 Å². The van der Waals surface area contributed by atoms with Gasteiger partial charge in [0.2, 0.25) is 6.41 Å². The van der Waals surface area contributed by atoms with Crippen LogP contribution in [0.2, 0.25) is 0 Å². The van der Waals surface area contributed by atoms with Crippen molar-refractivity contribution in [3.8, 4) is 0 Å². The molecule has 2 amide bonds. The van der Waals surface area contributed by atoms with E-state index in [4.69, 9.17) is 5.73 Å². The number of piperazine rings is 1. The number of rotatable bonds is 4. The molecule has 1 aliphatic heterocycles. The van der Waals surface area contributed by atoms with Crippen molar-refractivity contribution in [1.29, 1.82) is 0 Å². The maximum Gasteiger partial charge on any atom is 0.274 e. The zero-order valence-corrected chi connectivity index (χ0v) is 10.2. The first-order chi connectivity index (χ1) is 8.74. The third kappa shape index (κ3) is 2.67. The number of imidazole rings is 1. The summed E-state index contributed by atoms with van der Waals surface area (Å²) < 4.78 is 1.80. The molecule has 0 aromatic carbocycles. The summed E-state index contributed by atoms with van der Waals surface area (Å²) in [5.41, 5.74) is 5.87. The molecule has 1 fully saturated rings. The van der Waals surface area contributed by atoms with Gasteiger partial charge in [-0.05, 0) is 0 Å². The zero-order valence-electron chi connectivity index (χ0n) is 10.2. The van der Waals surface area contributed by atoms with E-state index in [1.54, 1.807) is 26.9 Å². The summed E-state index contributed by atoms with van der Waals surface area (Å²) in [6, 6.07) is 0. The summed E-state index contributed by atoms with van der Waals surface area (Å²) >= 11 is 0. The molecule has 0 saturated carbocycles. The minimum absolute atomic E-state index is 0.0867. The Morgan fingerprint density at radius 2 is 2.11 bits per heavy atom. The fourth-order valence-corrected chi connectivity index (χ4v) is 1.93. The van der Waals surface area contributed by atoms with Gasteiger partial charge >= 0.3 is 0 Å². The summed E-state index contributed by atoms with van der Waals surface area (Å²) in [4.78, 5) is 30.2. The van der Waals surface area contributed by atoms with Crippen molar-refractivity contribution in [3.63, 3.8) is 0 Å². The van der Waals surface area contributed by atoms with E-state index in [0.717, 1.165) is 6.41 Å². The van der Waals surface area contributed by atoms with Crippen LogP contribution in [0, 0.1) is 0 Å². The second-order valence-corrected chi connectivity index (χ2v) is 4.22. The summed E-state index contributed by atoms with van der Waals surface area (Å²) in [5, 5.41) is 0. The number of carbonyl (C=O) groups excluding carboxylic acids is 2. The van der Waals surface area contributed by atoms with E-state index in [1.807, 2.05) is 0 Å². The number of amides is 2. The molecule has 1 aliphatic rings. The van der Waals surface area contributed by atoms with Gasteiger partial charge in [-0.3, -0.25) is 9.59 Å². The van der Waals surface area contributed by atoms with Gasteiger partial charge in [-0.15, -0.1) is 0 Å². The van der Waals surface area contributed by atoms with Gasteiger partial charge in [-0.25, -0.2) is 4.98 Å². The molecule has 7 heteroatoms. The minimum Gasteiger partial charge on any atom is -0.342 e. The first-order valence-corrected chi connectivity index (χ1v) is 5.95. The third-order valence-corrected chi connectivity index (χ3v) is 2.99. The highest BCUT2D eigenvalue weighted by molar-refractivity contribution is 5.92. The monoisotopic (exact) mass is 251 g/mol. The molecule has 98 valence electrons. The summed E-state index contributed by atoms with van der Waals surface area (Å²) in [7, 11) is 0. The molecule has 0 bridgehead atoms. The van der Waals surface area contributed by atoms with Gasteiger partial charge in [0.05, 0.1) is 6.33 Å². The standard InChI is InChI=1S/C11H17N5O2/c12-1-2-15-7-10(13-8-15)11(18)16-5-3-14(9-17)4-6-16/h7-9H,1-6,12H2. The molecule has 1 aromatic heterocycles. The van der Waals surface area contributed by atoms with Gasteiger partial charge in [-0.1, -0.05) is 0 Å². The van der Waals surface area contributed by atoms with E-state index in [2.05, 4.69) is 4.98 Å². The van der Waals surface area contributed by atoms with Crippen LogP contribution in [0.4, 0.5) is 0 Å². The molecule has 7 nitrogen and oxygen atoms in total. The lowest BCUT2D eigenvalue weighted by molar-refractivity contribution is -0.119. The molecule has 2 N–H and O–H groups in total. The lowest BCUT2D eigenvalue weighted by Gasteiger charge is -2.32. The Hall–Kier alpha value is -1.89. The van der Waals surface area contributed by atoms with E-state index in [9.17, 15) is 9.59 Å². The average molecular weight is 251 g/mol. The highest BCUT2D eigenvalue weighted by Gasteiger charge is 2.22. The molecule has 1 aromatic rings. The van der Waals surface area contributed by atoms with Crippen molar-refractivity contribution in [1.82, 2.24) is 19.4 Å². The fourth-order valence-electron chi connectivity index (χ4n) is 1.93. The Balaban J connectivity index is 1.96. The SMILES string of the molecule is NCCn1cnc(C(=O)N2CCN(C=O)CC2)c1. The molecule has 2 rings (SSSR count). The van der Waals surface area contributed by atoms with Crippen LogP contribution in [0.15, 0.2) is 12.5 Å².